The lowest BCUT2D eigenvalue weighted by molar-refractivity contribution is 0.453. The van der Waals surface area contributed by atoms with Gasteiger partial charge in [0.05, 0.1) is 5.69 Å². The quantitative estimate of drug-likeness (QED) is 0.768. The second-order valence-electron chi connectivity index (χ2n) is 4.28. The minimum atomic E-state index is 0.481. The lowest BCUT2D eigenvalue weighted by atomic mass is 9.96. The number of hydrogen-bond donors (Lipinski definition) is 1. The predicted molar refractivity (Wildman–Crippen MR) is 61.1 cm³/mol. The van der Waals surface area contributed by atoms with Crippen molar-refractivity contribution in [2.24, 2.45) is 7.05 Å². The van der Waals surface area contributed by atoms with Crippen LogP contribution in [0.5, 0.6) is 0 Å². The third-order valence-corrected chi connectivity index (χ3v) is 3.17. The lowest BCUT2D eigenvalue weighted by Crippen LogP contribution is -2.28. The van der Waals surface area contributed by atoms with E-state index in [0.717, 1.165) is 29.9 Å². The van der Waals surface area contributed by atoms with Crippen molar-refractivity contribution in [1.82, 2.24) is 25.1 Å². The molecular weight excluding hydrogens is 202 g/mol. The van der Waals surface area contributed by atoms with Crippen molar-refractivity contribution >= 4 is 11.2 Å². The Morgan fingerprint density at radius 3 is 3.06 bits per heavy atom. The topological polar surface area (TPSA) is 55.6 Å². The van der Waals surface area contributed by atoms with Gasteiger partial charge < -0.3 is 5.32 Å². The van der Waals surface area contributed by atoms with E-state index in [-0.39, 0.29) is 0 Å². The summed E-state index contributed by atoms with van der Waals surface area (Å²) in [6, 6.07) is 0. The zero-order valence-corrected chi connectivity index (χ0v) is 9.35. The van der Waals surface area contributed by atoms with Gasteiger partial charge >= 0.3 is 0 Å². The Balaban J connectivity index is 2.08. The summed E-state index contributed by atoms with van der Waals surface area (Å²) in [4.78, 5) is 8.72. The highest BCUT2D eigenvalue weighted by atomic mass is 15.3. The van der Waals surface area contributed by atoms with Gasteiger partial charge in [-0.15, -0.1) is 0 Å². The van der Waals surface area contributed by atoms with Gasteiger partial charge in [-0.1, -0.05) is 0 Å². The Morgan fingerprint density at radius 2 is 2.25 bits per heavy atom. The molecule has 5 heteroatoms. The van der Waals surface area contributed by atoms with Crippen LogP contribution in [-0.2, 0) is 7.05 Å². The summed E-state index contributed by atoms with van der Waals surface area (Å²) in [5.74, 6) is 0.481. The summed E-state index contributed by atoms with van der Waals surface area (Å²) in [7, 11) is 1.93. The van der Waals surface area contributed by atoms with Gasteiger partial charge in [0.25, 0.3) is 0 Å². The second-order valence-corrected chi connectivity index (χ2v) is 4.28. The summed E-state index contributed by atoms with van der Waals surface area (Å²) in [6.07, 6.45) is 5.86. The van der Waals surface area contributed by atoms with Crippen LogP contribution in [0.4, 0.5) is 0 Å². The van der Waals surface area contributed by atoms with E-state index in [1.54, 1.807) is 12.4 Å². The average molecular weight is 217 g/mol. The Hall–Kier alpha value is -1.49. The molecule has 0 bridgehead atoms. The van der Waals surface area contributed by atoms with Crippen LogP contribution in [0.1, 0.15) is 24.5 Å². The molecule has 84 valence electrons. The molecule has 1 unspecified atom stereocenters. The molecule has 1 saturated heterocycles. The van der Waals surface area contributed by atoms with Gasteiger partial charge in [-0.2, -0.15) is 5.10 Å². The van der Waals surface area contributed by atoms with Crippen LogP contribution in [0.2, 0.25) is 0 Å². The summed E-state index contributed by atoms with van der Waals surface area (Å²) < 4.78 is 1.83. The van der Waals surface area contributed by atoms with Crippen LogP contribution < -0.4 is 5.32 Å². The Bertz CT molecular complexity index is 498. The maximum Gasteiger partial charge on any atom is 0.176 e. The van der Waals surface area contributed by atoms with E-state index in [4.69, 9.17) is 0 Å². The van der Waals surface area contributed by atoms with Crippen LogP contribution in [0.15, 0.2) is 12.4 Å². The Morgan fingerprint density at radius 1 is 1.38 bits per heavy atom. The number of nitrogens with zero attached hydrogens (tertiary/aromatic N) is 4. The fourth-order valence-electron chi connectivity index (χ4n) is 2.36. The number of piperidine rings is 1. The minimum Gasteiger partial charge on any atom is -0.316 e. The van der Waals surface area contributed by atoms with Gasteiger partial charge in [-0.25, -0.2) is 14.6 Å². The Kier molecular flexibility index (Phi) is 2.32. The molecule has 3 heterocycles. The molecule has 0 spiro atoms. The second kappa shape index (κ2) is 3.83. The number of nitrogens with one attached hydrogen (secondary N) is 1. The molecular formula is C11H15N5. The summed E-state index contributed by atoms with van der Waals surface area (Å²) in [5, 5.41) is 7.97. The molecule has 0 aromatic carbocycles. The van der Waals surface area contributed by atoms with Gasteiger partial charge in [0.1, 0.15) is 5.52 Å². The zero-order chi connectivity index (χ0) is 11.0. The first kappa shape index (κ1) is 9.72. The van der Waals surface area contributed by atoms with Crippen LogP contribution in [0, 0.1) is 0 Å². The highest BCUT2D eigenvalue weighted by Crippen LogP contribution is 2.26. The maximum atomic E-state index is 4.57. The third-order valence-electron chi connectivity index (χ3n) is 3.17. The fraction of sp³-hybridized carbons (Fsp3) is 0.545. The molecule has 0 saturated carbocycles. The average Bonchev–Trinajstić information content (AvgIpc) is 2.69. The molecule has 16 heavy (non-hydrogen) atoms. The predicted octanol–water partition coefficient (Wildman–Crippen LogP) is 0.830. The van der Waals surface area contributed by atoms with Crippen LogP contribution in [0.25, 0.3) is 11.2 Å². The van der Waals surface area contributed by atoms with E-state index < -0.39 is 0 Å². The summed E-state index contributed by atoms with van der Waals surface area (Å²) in [6.45, 7) is 2.12. The van der Waals surface area contributed by atoms with Gasteiger partial charge in [-0.05, 0) is 19.4 Å². The van der Waals surface area contributed by atoms with Crippen molar-refractivity contribution in [3.8, 4) is 0 Å². The van der Waals surface area contributed by atoms with Gasteiger partial charge in [-0.3, -0.25) is 0 Å². The number of fused-ring (bicyclic) bond motifs is 1. The number of aromatic nitrogens is 4. The molecule has 2 aromatic heterocycles. The van der Waals surface area contributed by atoms with Crippen LogP contribution in [0.3, 0.4) is 0 Å². The molecule has 5 nitrogen and oxygen atoms in total. The van der Waals surface area contributed by atoms with E-state index in [2.05, 4.69) is 20.4 Å². The highest BCUT2D eigenvalue weighted by molar-refractivity contribution is 5.73. The van der Waals surface area contributed by atoms with Gasteiger partial charge in [0.15, 0.2) is 5.65 Å². The van der Waals surface area contributed by atoms with Gasteiger partial charge in [0.2, 0.25) is 0 Å². The zero-order valence-electron chi connectivity index (χ0n) is 9.35. The smallest absolute Gasteiger partial charge is 0.176 e. The van der Waals surface area contributed by atoms with E-state index in [1.165, 1.54) is 12.8 Å². The van der Waals surface area contributed by atoms with Crippen molar-refractivity contribution in [2.75, 3.05) is 13.1 Å². The largest absolute Gasteiger partial charge is 0.316 e. The number of rotatable bonds is 1. The highest BCUT2D eigenvalue weighted by Gasteiger charge is 2.22. The van der Waals surface area contributed by atoms with Gasteiger partial charge in [0, 0.05) is 31.9 Å². The fourth-order valence-corrected chi connectivity index (χ4v) is 2.36. The van der Waals surface area contributed by atoms with Crippen LogP contribution in [-0.4, -0.2) is 32.8 Å². The first-order valence-electron chi connectivity index (χ1n) is 5.70. The van der Waals surface area contributed by atoms with E-state index in [1.807, 2.05) is 11.7 Å². The van der Waals surface area contributed by atoms with Crippen molar-refractivity contribution in [2.45, 2.75) is 18.8 Å². The van der Waals surface area contributed by atoms with E-state index in [9.17, 15) is 0 Å². The molecule has 2 aromatic rings. The van der Waals surface area contributed by atoms with Crippen molar-refractivity contribution in [1.29, 1.82) is 0 Å². The summed E-state index contributed by atoms with van der Waals surface area (Å²) in [5.41, 5.74) is 2.93. The molecule has 1 atom stereocenters. The van der Waals surface area contributed by atoms with Crippen molar-refractivity contribution < 1.29 is 0 Å². The minimum absolute atomic E-state index is 0.481. The van der Waals surface area contributed by atoms with Crippen LogP contribution >= 0.6 is 0 Å². The molecule has 0 amide bonds. The standard InChI is InChI=1S/C11H15N5/c1-16-11-10(13-5-6-14-11)9(15-16)8-3-2-4-12-7-8/h5-6,8,12H,2-4,7H2,1H3. The SMILES string of the molecule is Cn1nc(C2CCCNC2)c2nccnc21. The van der Waals surface area contributed by atoms with Crippen molar-refractivity contribution in [3.05, 3.63) is 18.1 Å². The molecule has 3 rings (SSSR count). The van der Waals surface area contributed by atoms with E-state index >= 15 is 0 Å². The lowest BCUT2D eigenvalue weighted by Gasteiger charge is -2.20. The maximum absolute atomic E-state index is 4.57. The van der Waals surface area contributed by atoms with E-state index in [0.29, 0.717) is 5.92 Å². The first-order chi connectivity index (χ1) is 7.86. The normalized spacial score (nSPS) is 21.4. The molecule has 0 aliphatic carbocycles. The molecule has 1 aliphatic heterocycles. The molecule has 0 radical (unpaired) electrons. The molecule has 1 N–H and O–H groups in total. The molecule has 1 fully saturated rings. The van der Waals surface area contributed by atoms with Crippen molar-refractivity contribution in [3.63, 3.8) is 0 Å². The first-order valence-corrected chi connectivity index (χ1v) is 5.70. The third kappa shape index (κ3) is 1.48. The summed E-state index contributed by atoms with van der Waals surface area (Å²) >= 11 is 0. The monoisotopic (exact) mass is 217 g/mol. The number of aryl methyl sites for hydroxylation is 1. The molecule has 1 aliphatic rings. The Labute approximate surface area is 93.9 Å². The number of hydrogen-bond acceptors (Lipinski definition) is 4.